The predicted octanol–water partition coefficient (Wildman–Crippen LogP) is 6.93. The zero-order valence-electron chi connectivity index (χ0n) is 16.6. The van der Waals surface area contributed by atoms with Crippen LogP contribution in [0.3, 0.4) is 0 Å². The van der Waals surface area contributed by atoms with E-state index < -0.39 is 0 Å². The molecule has 31 heavy (non-hydrogen) atoms. The summed E-state index contributed by atoms with van der Waals surface area (Å²) in [7, 11) is 0. The van der Waals surface area contributed by atoms with Crippen molar-refractivity contribution in [2.45, 2.75) is 15.0 Å². The smallest absolute Gasteiger partial charge is 0.255 e. The Morgan fingerprint density at radius 1 is 1.03 bits per heavy atom. The van der Waals surface area contributed by atoms with Crippen LogP contribution in [0.15, 0.2) is 88.1 Å². The Bertz CT molecular complexity index is 1230. The summed E-state index contributed by atoms with van der Waals surface area (Å²) in [5.41, 5.74) is 3.48. The highest BCUT2D eigenvalue weighted by atomic mass is 32.2. The first-order chi connectivity index (χ1) is 15.1. The number of amides is 1. The van der Waals surface area contributed by atoms with Gasteiger partial charge in [0.25, 0.3) is 5.91 Å². The molecule has 4 aromatic rings. The van der Waals surface area contributed by atoms with Crippen molar-refractivity contribution in [2.75, 3.05) is 11.6 Å². The minimum absolute atomic E-state index is 0.144. The van der Waals surface area contributed by atoms with E-state index in [-0.39, 0.29) is 5.91 Å². The Balaban J connectivity index is 1.46. The number of carbonyl (C=O) groups excluding carboxylic acids is 1. The fraction of sp³-hybridized carbons (Fsp3) is 0.0870. The van der Waals surface area contributed by atoms with E-state index in [4.69, 9.17) is 12.2 Å². The molecule has 0 saturated heterocycles. The molecule has 0 saturated carbocycles. The Morgan fingerprint density at radius 2 is 1.74 bits per heavy atom. The molecule has 0 radical (unpaired) electrons. The van der Waals surface area contributed by atoms with Gasteiger partial charge in [-0.3, -0.25) is 4.79 Å². The topological polar surface area (TPSA) is 46.9 Å². The van der Waals surface area contributed by atoms with Crippen molar-refractivity contribution in [1.29, 1.82) is 0 Å². The molecule has 0 aliphatic carbocycles. The van der Waals surface area contributed by atoms with Gasteiger partial charge in [0.2, 0.25) is 0 Å². The third-order valence-corrected chi connectivity index (χ3v) is 7.70. The van der Waals surface area contributed by atoms with Gasteiger partial charge in [0.05, 0.1) is 11.4 Å². The summed E-state index contributed by atoms with van der Waals surface area (Å²) in [6.07, 6.45) is 1.99. The first-order valence-corrected chi connectivity index (χ1v) is 12.9. The maximum Gasteiger partial charge on any atom is 0.255 e. The zero-order chi connectivity index (χ0) is 21.6. The number of aromatic nitrogens is 2. The standard InChI is InChI=1S/C23H19N3OS4/c1-29-20-10-6-5-9-19(20)24-21(27)17-11-13-18(14-12-17)26-23(28)31-22(25-26)30-15-16-7-3-2-4-8-16/h2-14H,15H2,1H3,(H,24,27). The lowest BCUT2D eigenvalue weighted by Gasteiger charge is -2.09. The minimum atomic E-state index is -0.144. The monoisotopic (exact) mass is 481 g/mol. The predicted molar refractivity (Wildman–Crippen MR) is 134 cm³/mol. The van der Waals surface area contributed by atoms with E-state index in [1.807, 2.05) is 60.9 Å². The second-order valence-corrected chi connectivity index (χ2v) is 10.2. The van der Waals surface area contributed by atoms with Gasteiger partial charge < -0.3 is 5.32 Å². The Labute approximate surface area is 198 Å². The van der Waals surface area contributed by atoms with Gasteiger partial charge in [0, 0.05) is 16.2 Å². The number of thioether (sulfide) groups is 2. The number of benzene rings is 3. The molecule has 1 amide bonds. The number of hydrogen-bond donors (Lipinski definition) is 1. The Hall–Kier alpha value is -2.39. The van der Waals surface area contributed by atoms with Gasteiger partial charge in [0.1, 0.15) is 0 Å². The number of nitrogens with zero attached hydrogens (tertiary/aromatic N) is 2. The quantitative estimate of drug-likeness (QED) is 0.229. The van der Waals surface area contributed by atoms with Crippen molar-refractivity contribution in [3.8, 4) is 5.69 Å². The highest BCUT2D eigenvalue weighted by Crippen LogP contribution is 2.28. The lowest BCUT2D eigenvalue weighted by molar-refractivity contribution is 0.102. The summed E-state index contributed by atoms with van der Waals surface area (Å²) in [6, 6.07) is 25.4. The average molecular weight is 482 g/mol. The number of para-hydroxylation sites is 1. The normalized spacial score (nSPS) is 10.7. The van der Waals surface area contributed by atoms with Crippen LogP contribution < -0.4 is 5.32 Å². The molecule has 0 fully saturated rings. The van der Waals surface area contributed by atoms with Gasteiger partial charge in [-0.15, -0.1) is 16.9 Å². The summed E-state index contributed by atoms with van der Waals surface area (Å²) in [4.78, 5) is 13.7. The molecular weight excluding hydrogens is 463 g/mol. The van der Waals surface area contributed by atoms with Crippen molar-refractivity contribution in [3.05, 3.63) is 93.9 Å². The molecule has 0 aliphatic rings. The van der Waals surface area contributed by atoms with Gasteiger partial charge in [-0.05, 0) is 60.4 Å². The molecule has 0 aliphatic heterocycles. The van der Waals surface area contributed by atoms with Crippen LogP contribution in [0.4, 0.5) is 5.69 Å². The maximum absolute atomic E-state index is 12.7. The average Bonchev–Trinajstić information content (AvgIpc) is 3.19. The molecule has 3 aromatic carbocycles. The molecule has 0 atom stereocenters. The second kappa shape index (κ2) is 10.3. The number of nitrogens with one attached hydrogen (secondary N) is 1. The summed E-state index contributed by atoms with van der Waals surface area (Å²) in [5, 5.41) is 7.63. The highest BCUT2D eigenvalue weighted by molar-refractivity contribution is 8.00. The first-order valence-electron chi connectivity index (χ1n) is 9.46. The van der Waals surface area contributed by atoms with Crippen molar-refractivity contribution < 1.29 is 4.79 Å². The van der Waals surface area contributed by atoms with Gasteiger partial charge >= 0.3 is 0 Å². The maximum atomic E-state index is 12.7. The van der Waals surface area contributed by atoms with Gasteiger partial charge in [-0.25, -0.2) is 4.68 Å². The molecule has 1 heterocycles. The van der Waals surface area contributed by atoms with Crippen LogP contribution in [0, 0.1) is 3.95 Å². The van der Waals surface area contributed by atoms with Crippen molar-refractivity contribution in [2.24, 2.45) is 0 Å². The summed E-state index contributed by atoms with van der Waals surface area (Å²) < 4.78 is 3.35. The Morgan fingerprint density at radius 3 is 2.48 bits per heavy atom. The molecule has 0 spiro atoms. The van der Waals surface area contributed by atoms with E-state index in [1.165, 1.54) is 16.9 Å². The fourth-order valence-corrected chi connectivity index (χ4v) is 5.77. The second-order valence-electron chi connectivity index (χ2n) is 6.52. The van der Waals surface area contributed by atoms with Crippen LogP contribution in [0.2, 0.25) is 0 Å². The summed E-state index contributed by atoms with van der Waals surface area (Å²) >= 11 is 10.3. The number of rotatable bonds is 7. The van der Waals surface area contributed by atoms with Crippen LogP contribution in [0.1, 0.15) is 15.9 Å². The van der Waals surface area contributed by atoms with Crippen molar-refractivity contribution >= 4 is 58.7 Å². The van der Waals surface area contributed by atoms with E-state index in [0.717, 1.165) is 26.4 Å². The number of carbonyl (C=O) groups is 1. The molecule has 8 heteroatoms. The highest BCUT2D eigenvalue weighted by Gasteiger charge is 2.11. The van der Waals surface area contributed by atoms with Gasteiger partial charge in [-0.2, -0.15) is 0 Å². The van der Waals surface area contributed by atoms with Crippen LogP contribution >= 0.6 is 47.1 Å². The summed E-state index contributed by atoms with van der Waals surface area (Å²) in [6.45, 7) is 0. The molecule has 4 rings (SSSR count). The molecule has 4 nitrogen and oxygen atoms in total. The van der Waals surface area contributed by atoms with E-state index in [2.05, 4.69) is 22.5 Å². The largest absolute Gasteiger partial charge is 0.321 e. The van der Waals surface area contributed by atoms with E-state index in [0.29, 0.717) is 9.52 Å². The van der Waals surface area contributed by atoms with Crippen LogP contribution in [-0.4, -0.2) is 21.9 Å². The molecule has 0 unspecified atom stereocenters. The third kappa shape index (κ3) is 5.46. The van der Waals surface area contributed by atoms with Crippen molar-refractivity contribution in [3.63, 3.8) is 0 Å². The van der Waals surface area contributed by atoms with Crippen LogP contribution in [0.25, 0.3) is 5.69 Å². The van der Waals surface area contributed by atoms with Crippen LogP contribution in [0.5, 0.6) is 0 Å². The number of hydrogen-bond acceptors (Lipinski definition) is 6. The SMILES string of the molecule is CSc1ccccc1NC(=O)c1ccc(-n2nc(SCc3ccccc3)sc2=S)cc1. The first kappa shape index (κ1) is 21.8. The van der Waals surface area contributed by atoms with Crippen molar-refractivity contribution in [1.82, 2.24) is 9.78 Å². The van der Waals surface area contributed by atoms with Crippen LogP contribution in [-0.2, 0) is 5.75 Å². The molecular formula is C23H19N3OS4. The fourth-order valence-electron chi connectivity index (χ4n) is 2.90. The lowest BCUT2D eigenvalue weighted by Crippen LogP contribution is -2.12. The third-order valence-electron chi connectivity index (χ3n) is 4.46. The summed E-state index contributed by atoms with van der Waals surface area (Å²) in [5.74, 6) is 0.703. The lowest BCUT2D eigenvalue weighted by atomic mass is 10.2. The Kier molecular flexibility index (Phi) is 7.24. The van der Waals surface area contributed by atoms with E-state index >= 15 is 0 Å². The molecule has 156 valence electrons. The number of anilines is 1. The van der Waals surface area contributed by atoms with Gasteiger partial charge in [0.15, 0.2) is 8.29 Å². The molecule has 1 N–H and O–H groups in total. The van der Waals surface area contributed by atoms with E-state index in [9.17, 15) is 4.79 Å². The molecule has 0 bridgehead atoms. The van der Waals surface area contributed by atoms with Gasteiger partial charge in [-0.1, -0.05) is 65.6 Å². The van der Waals surface area contributed by atoms with E-state index in [1.54, 1.807) is 40.3 Å². The molecule has 1 aromatic heterocycles. The minimum Gasteiger partial charge on any atom is -0.321 e. The zero-order valence-corrected chi connectivity index (χ0v) is 19.9.